The molecule has 4 nitrogen and oxygen atoms in total. The Bertz CT molecular complexity index is 530. The van der Waals surface area contributed by atoms with E-state index < -0.39 is 0 Å². The molecule has 1 aromatic rings. The second kappa shape index (κ2) is 8.02. The van der Waals surface area contributed by atoms with Crippen molar-refractivity contribution >= 4 is 24.0 Å². The molecule has 1 amide bonds. The lowest BCUT2D eigenvalue weighted by atomic mass is 9.92. The Kier molecular flexibility index (Phi) is 6.31. The molecule has 23 heavy (non-hydrogen) atoms. The summed E-state index contributed by atoms with van der Waals surface area (Å²) in [6.07, 6.45) is 5.42. The summed E-state index contributed by atoms with van der Waals surface area (Å²) < 4.78 is 5.79. The summed E-state index contributed by atoms with van der Waals surface area (Å²) in [5.41, 5.74) is 1.08. The third-order valence-electron chi connectivity index (χ3n) is 5.01. The summed E-state index contributed by atoms with van der Waals surface area (Å²) >= 11 is 0. The van der Waals surface area contributed by atoms with Crippen LogP contribution < -0.4 is 15.4 Å². The van der Waals surface area contributed by atoms with Crippen molar-refractivity contribution in [1.29, 1.82) is 0 Å². The highest BCUT2D eigenvalue weighted by atomic mass is 35.5. The molecule has 128 valence electrons. The van der Waals surface area contributed by atoms with Crippen molar-refractivity contribution < 1.29 is 9.53 Å². The quantitative estimate of drug-likeness (QED) is 0.779. The van der Waals surface area contributed by atoms with E-state index in [1.54, 1.807) is 0 Å². The van der Waals surface area contributed by atoms with Crippen LogP contribution >= 0.6 is 12.4 Å². The van der Waals surface area contributed by atoms with Crippen LogP contribution in [0.2, 0.25) is 0 Å². The summed E-state index contributed by atoms with van der Waals surface area (Å²) in [5, 5.41) is 6.46. The number of carbonyl (C=O) groups excluding carboxylic acids is 1. The van der Waals surface area contributed by atoms with Crippen LogP contribution in [-0.2, 0) is 4.79 Å². The molecule has 0 bridgehead atoms. The Morgan fingerprint density at radius 2 is 2.09 bits per heavy atom. The van der Waals surface area contributed by atoms with E-state index in [4.69, 9.17) is 4.74 Å². The van der Waals surface area contributed by atoms with Gasteiger partial charge in [-0.15, -0.1) is 12.4 Å². The Balaban J connectivity index is 0.00000192. The first kappa shape index (κ1) is 18.1. The molecule has 1 spiro atoms. The minimum absolute atomic E-state index is 0. The van der Waals surface area contributed by atoms with Crippen molar-refractivity contribution in [3.05, 3.63) is 24.3 Å². The molecule has 1 aromatic carbocycles. The Labute approximate surface area is 144 Å². The highest BCUT2D eigenvalue weighted by molar-refractivity contribution is 5.96. The molecule has 1 saturated carbocycles. The minimum atomic E-state index is 0. The molecule has 2 fully saturated rings. The van der Waals surface area contributed by atoms with Crippen molar-refractivity contribution in [2.75, 3.05) is 25.0 Å². The number of ether oxygens (including phenoxy) is 1. The van der Waals surface area contributed by atoms with Gasteiger partial charge in [0, 0.05) is 5.92 Å². The van der Waals surface area contributed by atoms with Gasteiger partial charge in [0.1, 0.15) is 5.75 Å². The SMILES string of the molecule is CCCCOc1ccccc1NC(=O)C1CC12CCNCC2.Cl. The summed E-state index contributed by atoms with van der Waals surface area (Å²) in [6.45, 7) is 4.92. The molecule has 1 aliphatic carbocycles. The van der Waals surface area contributed by atoms with Gasteiger partial charge in [0.15, 0.2) is 0 Å². The molecular weight excluding hydrogens is 312 g/mol. The van der Waals surface area contributed by atoms with Gasteiger partial charge in [0.05, 0.1) is 12.3 Å². The molecule has 3 rings (SSSR count). The van der Waals surface area contributed by atoms with E-state index >= 15 is 0 Å². The van der Waals surface area contributed by atoms with Gasteiger partial charge in [-0.25, -0.2) is 0 Å². The van der Waals surface area contributed by atoms with Gasteiger partial charge in [-0.05, 0) is 56.3 Å². The first-order valence-corrected chi connectivity index (χ1v) is 8.48. The van der Waals surface area contributed by atoms with Crippen LogP contribution in [0.5, 0.6) is 5.75 Å². The van der Waals surface area contributed by atoms with Gasteiger partial charge < -0.3 is 15.4 Å². The van der Waals surface area contributed by atoms with Crippen molar-refractivity contribution in [3.8, 4) is 5.75 Å². The number of para-hydroxylation sites is 2. The molecule has 5 heteroatoms. The van der Waals surface area contributed by atoms with E-state index in [1.807, 2.05) is 24.3 Å². The lowest BCUT2D eigenvalue weighted by Gasteiger charge is -2.23. The Morgan fingerprint density at radius 1 is 1.35 bits per heavy atom. The summed E-state index contributed by atoms with van der Waals surface area (Å²) in [5.74, 6) is 1.12. The Hall–Kier alpha value is -1.26. The van der Waals surface area contributed by atoms with Crippen LogP contribution in [0.4, 0.5) is 5.69 Å². The zero-order valence-corrected chi connectivity index (χ0v) is 14.6. The van der Waals surface area contributed by atoms with Gasteiger partial charge >= 0.3 is 0 Å². The smallest absolute Gasteiger partial charge is 0.228 e. The topological polar surface area (TPSA) is 50.4 Å². The van der Waals surface area contributed by atoms with Crippen molar-refractivity contribution in [2.45, 2.75) is 39.0 Å². The lowest BCUT2D eigenvalue weighted by Crippen LogP contribution is -2.31. The Morgan fingerprint density at radius 3 is 2.83 bits per heavy atom. The van der Waals surface area contributed by atoms with Gasteiger partial charge in [-0.2, -0.15) is 0 Å². The van der Waals surface area contributed by atoms with Gasteiger partial charge in [-0.3, -0.25) is 4.79 Å². The number of halogens is 1. The number of unbranched alkanes of at least 4 members (excludes halogenated alkanes) is 1. The zero-order valence-electron chi connectivity index (χ0n) is 13.8. The molecule has 1 aliphatic heterocycles. The molecule has 2 N–H and O–H groups in total. The molecular formula is C18H27ClN2O2. The van der Waals surface area contributed by atoms with Crippen LogP contribution in [-0.4, -0.2) is 25.6 Å². The van der Waals surface area contributed by atoms with Crippen molar-refractivity contribution in [2.24, 2.45) is 11.3 Å². The predicted molar refractivity (Wildman–Crippen MR) is 95.4 cm³/mol. The largest absolute Gasteiger partial charge is 0.491 e. The van der Waals surface area contributed by atoms with Crippen molar-refractivity contribution in [1.82, 2.24) is 5.32 Å². The fourth-order valence-electron chi connectivity index (χ4n) is 3.44. The van der Waals surface area contributed by atoms with Crippen LogP contribution in [0.3, 0.4) is 0 Å². The first-order chi connectivity index (χ1) is 10.7. The molecule has 0 aromatic heterocycles. The number of amides is 1. The average molecular weight is 339 g/mol. The van der Waals surface area contributed by atoms with Gasteiger partial charge in [-0.1, -0.05) is 25.5 Å². The number of nitrogens with one attached hydrogen (secondary N) is 2. The third-order valence-corrected chi connectivity index (χ3v) is 5.01. The molecule has 0 radical (unpaired) electrons. The van der Waals surface area contributed by atoms with Crippen LogP contribution in [0.1, 0.15) is 39.0 Å². The average Bonchev–Trinajstić information content (AvgIpc) is 3.23. The van der Waals surface area contributed by atoms with Gasteiger partial charge in [0.2, 0.25) is 5.91 Å². The van der Waals surface area contributed by atoms with E-state index in [-0.39, 0.29) is 29.6 Å². The molecule has 1 unspecified atom stereocenters. The van der Waals surface area contributed by atoms with E-state index in [0.29, 0.717) is 6.61 Å². The highest BCUT2D eigenvalue weighted by Gasteiger charge is 2.57. The van der Waals surface area contributed by atoms with Gasteiger partial charge in [0.25, 0.3) is 0 Å². The number of piperidine rings is 1. The van der Waals surface area contributed by atoms with Crippen LogP contribution in [0.25, 0.3) is 0 Å². The molecule has 1 atom stereocenters. The predicted octanol–water partition coefficient (Wildman–Crippen LogP) is 3.62. The molecule has 1 heterocycles. The summed E-state index contributed by atoms with van der Waals surface area (Å²) in [4.78, 5) is 12.5. The number of rotatable bonds is 6. The number of carbonyl (C=O) groups is 1. The standard InChI is InChI=1S/C18H26N2O2.ClH/c1-2-3-12-22-16-7-5-4-6-15(16)20-17(21)14-13-18(14)8-10-19-11-9-18;/h4-7,14,19H,2-3,8-13H2,1H3,(H,20,21);1H. The number of anilines is 1. The fourth-order valence-corrected chi connectivity index (χ4v) is 3.44. The van der Waals surface area contributed by atoms with E-state index in [0.717, 1.165) is 56.6 Å². The van der Waals surface area contributed by atoms with Crippen LogP contribution in [0, 0.1) is 11.3 Å². The maximum absolute atomic E-state index is 12.5. The fraction of sp³-hybridized carbons (Fsp3) is 0.611. The van der Waals surface area contributed by atoms with E-state index in [1.165, 1.54) is 0 Å². The lowest BCUT2D eigenvalue weighted by molar-refractivity contribution is -0.118. The second-order valence-corrected chi connectivity index (χ2v) is 6.56. The number of hydrogen-bond acceptors (Lipinski definition) is 3. The zero-order chi connectivity index (χ0) is 15.4. The number of benzene rings is 1. The van der Waals surface area contributed by atoms with E-state index in [9.17, 15) is 4.79 Å². The third kappa shape index (κ3) is 4.18. The van der Waals surface area contributed by atoms with Crippen molar-refractivity contribution in [3.63, 3.8) is 0 Å². The maximum Gasteiger partial charge on any atom is 0.228 e. The molecule has 1 saturated heterocycles. The summed E-state index contributed by atoms with van der Waals surface area (Å²) in [6, 6.07) is 7.74. The minimum Gasteiger partial charge on any atom is -0.491 e. The maximum atomic E-state index is 12.5. The summed E-state index contributed by atoms with van der Waals surface area (Å²) in [7, 11) is 0. The highest BCUT2D eigenvalue weighted by Crippen LogP contribution is 2.58. The second-order valence-electron chi connectivity index (χ2n) is 6.56. The molecule has 2 aliphatic rings. The number of hydrogen-bond donors (Lipinski definition) is 2. The first-order valence-electron chi connectivity index (χ1n) is 8.48. The normalized spacial score (nSPS) is 21.3. The van der Waals surface area contributed by atoms with Crippen LogP contribution in [0.15, 0.2) is 24.3 Å². The van der Waals surface area contributed by atoms with E-state index in [2.05, 4.69) is 17.6 Å². The monoisotopic (exact) mass is 338 g/mol.